The maximum atomic E-state index is 10.2. The molecule has 1 nitrogen and oxygen atoms in total. The van der Waals surface area contributed by atoms with E-state index in [0.29, 0.717) is 11.3 Å². The highest BCUT2D eigenvalue weighted by atomic mass is 32.7. The third-order valence-corrected chi connectivity index (χ3v) is 3.29. The van der Waals surface area contributed by atoms with Crippen molar-refractivity contribution in [3.05, 3.63) is 0 Å². The molecule has 0 saturated heterocycles. The Morgan fingerprint density at radius 1 is 1.45 bits per heavy atom. The molecule has 0 amide bonds. The van der Waals surface area contributed by atoms with Gasteiger partial charge >= 0.3 is 0 Å². The summed E-state index contributed by atoms with van der Waals surface area (Å²) in [5, 5.41) is 0. The van der Waals surface area contributed by atoms with E-state index in [0.717, 1.165) is 5.75 Å². The molecule has 0 saturated carbocycles. The Hall–Kier alpha value is 0.580. The van der Waals surface area contributed by atoms with Crippen LogP contribution < -0.4 is 0 Å². The van der Waals surface area contributed by atoms with Crippen LogP contribution in [0.2, 0.25) is 0 Å². The number of hydrogen-bond acceptors (Lipinski definition) is 2. The van der Waals surface area contributed by atoms with E-state index in [1.165, 1.54) is 6.42 Å². The molecule has 0 aromatic rings. The van der Waals surface area contributed by atoms with Crippen LogP contribution in [0.5, 0.6) is 0 Å². The molecular formula is C8H19OPS. The molecule has 0 bridgehead atoms. The molecule has 68 valence electrons. The van der Waals surface area contributed by atoms with E-state index in [2.05, 4.69) is 27.7 Å². The van der Waals surface area contributed by atoms with Crippen molar-refractivity contribution in [1.82, 2.24) is 0 Å². The van der Waals surface area contributed by atoms with Crippen LogP contribution in [0.25, 0.3) is 0 Å². The number of hydrogen-bond donors (Lipinski definition) is 0. The molecule has 0 aromatic heterocycles. The van der Waals surface area contributed by atoms with E-state index < -0.39 is 7.66 Å². The third kappa shape index (κ3) is 8.49. The summed E-state index contributed by atoms with van der Waals surface area (Å²) in [5.41, 5.74) is 0.415. The van der Waals surface area contributed by atoms with Gasteiger partial charge in [-0.2, -0.15) is 0 Å². The highest BCUT2D eigenvalue weighted by molar-refractivity contribution is 8.45. The Labute approximate surface area is 75.3 Å². The SMILES string of the molecule is CC(CS[PH2]=O)CC(C)(C)C. The first kappa shape index (κ1) is 11.6. The quantitative estimate of drug-likeness (QED) is 0.637. The lowest BCUT2D eigenvalue weighted by molar-refractivity contribution is 0.323. The van der Waals surface area contributed by atoms with Gasteiger partial charge in [0, 0.05) is 5.75 Å². The fourth-order valence-electron chi connectivity index (χ4n) is 1.31. The zero-order valence-electron chi connectivity index (χ0n) is 7.89. The van der Waals surface area contributed by atoms with E-state index in [4.69, 9.17) is 0 Å². The van der Waals surface area contributed by atoms with Crippen LogP contribution in [-0.4, -0.2) is 5.75 Å². The van der Waals surface area contributed by atoms with Gasteiger partial charge in [0.2, 0.25) is 0 Å². The summed E-state index contributed by atoms with van der Waals surface area (Å²) in [7, 11) is -0.606. The molecule has 3 heteroatoms. The normalized spacial score (nSPS) is 16.0. The maximum Gasteiger partial charge on any atom is 0.116 e. The lowest BCUT2D eigenvalue weighted by Crippen LogP contribution is -2.12. The summed E-state index contributed by atoms with van der Waals surface area (Å²) in [6.45, 7) is 8.97. The van der Waals surface area contributed by atoms with Gasteiger partial charge in [0.25, 0.3) is 0 Å². The lowest BCUT2D eigenvalue weighted by atomic mass is 9.86. The van der Waals surface area contributed by atoms with Gasteiger partial charge in [-0.1, -0.05) is 27.7 Å². The van der Waals surface area contributed by atoms with Crippen molar-refractivity contribution >= 4 is 19.0 Å². The minimum atomic E-state index is -0.606. The molecule has 0 heterocycles. The fourth-order valence-corrected chi connectivity index (χ4v) is 3.05. The van der Waals surface area contributed by atoms with Gasteiger partial charge < -0.3 is 4.57 Å². The summed E-state index contributed by atoms with van der Waals surface area (Å²) in [6.07, 6.45) is 1.22. The summed E-state index contributed by atoms with van der Waals surface area (Å²) >= 11 is 1.58. The predicted octanol–water partition coefficient (Wildman–Crippen LogP) is 3.46. The molecule has 0 spiro atoms. The predicted molar refractivity (Wildman–Crippen MR) is 56.1 cm³/mol. The van der Waals surface area contributed by atoms with Crippen LogP contribution in [0.1, 0.15) is 34.1 Å². The van der Waals surface area contributed by atoms with Gasteiger partial charge in [-0.3, -0.25) is 0 Å². The first-order chi connectivity index (χ1) is 4.95. The molecule has 0 rings (SSSR count). The Morgan fingerprint density at radius 3 is 2.36 bits per heavy atom. The van der Waals surface area contributed by atoms with E-state index in [1.807, 2.05) is 0 Å². The Bertz CT molecular complexity index is 120. The average molecular weight is 194 g/mol. The standard InChI is InChI=1S/C8H19OPS/c1-7(6-11-10-9)5-8(2,3)4/h7H,5-6,10H2,1-4H3. The highest BCUT2D eigenvalue weighted by Gasteiger charge is 2.14. The van der Waals surface area contributed by atoms with Crippen molar-refractivity contribution in [2.24, 2.45) is 11.3 Å². The van der Waals surface area contributed by atoms with Gasteiger partial charge in [-0.25, -0.2) is 0 Å². The molecule has 0 radical (unpaired) electrons. The van der Waals surface area contributed by atoms with Crippen molar-refractivity contribution < 1.29 is 4.57 Å². The summed E-state index contributed by atoms with van der Waals surface area (Å²) < 4.78 is 10.2. The average Bonchev–Trinajstić information content (AvgIpc) is 1.79. The van der Waals surface area contributed by atoms with Crippen molar-refractivity contribution in [1.29, 1.82) is 0 Å². The fraction of sp³-hybridized carbons (Fsp3) is 1.00. The maximum absolute atomic E-state index is 10.2. The van der Waals surface area contributed by atoms with Crippen LogP contribution in [0.3, 0.4) is 0 Å². The second-order valence-electron chi connectivity index (χ2n) is 4.30. The molecule has 11 heavy (non-hydrogen) atoms. The van der Waals surface area contributed by atoms with Crippen LogP contribution in [-0.2, 0) is 4.57 Å². The third-order valence-electron chi connectivity index (χ3n) is 1.41. The zero-order chi connectivity index (χ0) is 8.91. The largest absolute Gasteiger partial charge is 0.319 e. The molecular weight excluding hydrogens is 175 g/mol. The van der Waals surface area contributed by atoms with Crippen LogP contribution >= 0.6 is 19.0 Å². The van der Waals surface area contributed by atoms with Gasteiger partial charge in [0.15, 0.2) is 0 Å². The minimum absolute atomic E-state index is 0.415. The van der Waals surface area contributed by atoms with Gasteiger partial charge in [-0.15, -0.1) is 11.4 Å². The monoisotopic (exact) mass is 194 g/mol. The molecule has 0 fully saturated rings. The Balaban J connectivity index is 3.51. The van der Waals surface area contributed by atoms with Crippen molar-refractivity contribution in [3.63, 3.8) is 0 Å². The van der Waals surface area contributed by atoms with Gasteiger partial charge in [-0.05, 0) is 17.8 Å². The van der Waals surface area contributed by atoms with Crippen molar-refractivity contribution in [2.45, 2.75) is 34.1 Å². The van der Waals surface area contributed by atoms with Crippen LogP contribution in [0, 0.1) is 11.3 Å². The molecule has 0 aromatic carbocycles. The Morgan fingerprint density at radius 2 is 2.00 bits per heavy atom. The summed E-state index contributed by atoms with van der Waals surface area (Å²) in [4.78, 5) is 0. The minimum Gasteiger partial charge on any atom is -0.319 e. The first-order valence-electron chi connectivity index (χ1n) is 4.01. The van der Waals surface area contributed by atoms with Gasteiger partial charge in [0.1, 0.15) is 7.66 Å². The Kier molecular flexibility index (Phi) is 5.54. The van der Waals surface area contributed by atoms with E-state index in [-0.39, 0.29) is 0 Å². The van der Waals surface area contributed by atoms with Crippen molar-refractivity contribution in [3.8, 4) is 0 Å². The molecule has 2 atom stereocenters. The molecule has 0 aliphatic heterocycles. The van der Waals surface area contributed by atoms with E-state index >= 15 is 0 Å². The van der Waals surface area contributed by atoms with E-state index in [1.54, 1.807) is 11.4 Å². The second kappa shape index (κ2) is 5.27. The number of rotatable bonds is 4. The summed E-state index contributed by atoms with van der Waals surface area (Å²) in [5.74, 6) is 1.75. The summed E-state index contributed by atoms with van der Waals surface area (Å²) in [6, 6.07) is 0. The highest BCUT2D eigenvalue weighted by Crippen LogP contribution is 2.29. The van der Waals surface area contributed by atoms with Crippen molar-refractivity contribution in [2.75, 3.05) is 5.75 Å². The smallest absolute Gasteiger partial charge is 0.116 e. The first-order valence-corrected chi connectivity index (χ1v) is 6.94. The molecule has 0 aliphatic carbocycles. The van der Waals surface area contributed by atoms with Crippen LogP contribution in [0.15, 0.2) is 0 Å². The molecule has 2 unspecified atom stereocenters. The molecule has 0 N–H and O–H groups in total. The van der Waals surface area contributed by atoms with Gasteiger partial charge in [0.05, 0.1) is 0 Å². The van der Waals surface area contributed by atoms with E-state index in [9.17, 15) is 4.57 Å². The topological polar surface area (TPSA) is 17.1 Å². The van der Waals surface area contributed by atoms with Crippen LogP contribution in [0.4, 0.5) is 0 Å². The zero-order valence-corrected chi connectivity index (χ0v) is 9.86. The molecule has 0 aliphatic rings. The second-order valence-corrected chi connectivity index (χ2v) is 6.74. The lowest BCUT2D eigenvalue weighted by Gasteiger charge is -2.22.